The van der Waals surface area contributed by atoms with Crippen LogP contribution >= 0.6 is 0 Å². The quantitative estimate of drug-likeness (QED) is 0.606. The lowest BCUT2D eigenvalue weighted by Crippen LogP contribution is -2.25. The van der Waals surface area contributed by atoms with Gasteiger partial charge in [0.2, 0.25) is 0 Å². The minimum absolute atomic E-state index is 0.0784. The number of carboxylic acid groups (broad SMARTS) is 1. The van der Waals surface area contributed by atoms with Crippen molar-refractivity contribution in [3.8, 4) is 0 Å². The Kier molecular flexibility index (Phi) is 7.68. The smallest absolute Gasteiger partial charge is 0.305 e. The molecule has 1 amide bonds. The van der Waals surface area contributed by atoms with Gasteiger partial charge in [0.25, 0.3) is 5.91 Å². The molecule has 2 aromatic carbocycles. The molecule has 0 saturated heterocycles. The van der Waals surface area contributed by atoms with E-state index < -0.39 is 5.97 Å². The van der Waals surface area contributed by atoms with Crippen molar-refractivity contribution in [2.75, 3.05) is 11.9 Å². The van der Waals surface area contributed by atoms with Crippen LogP contribution in [0.4, 0.5) is 5.69 Å². The van der Waals surface area contributed by atoms with Crippen molar-refractivity contribution in [1.29, 1.82) is 0 Å². The fraction of sp³-hybridized carbons (Fsp3) is 0.333. The topological polar surface area (TPSA) is 78.4 Å². The largest absolute Gasteiger partial charge is 0.481 e. The van der Waals surface area contributed by atoms with Gasteiger partial charge in [-0.1, -0.05) is 37.6 Å². The molecular weight excluding hydrogens is 328 g/mol. The summed E-state index contributed by atoms with van der Waals surface area (Å²) in [5.41, 5.74) is 4.03. The zero-order valence-corrected chi connectivity index (χ0v) is 15.1. The van der Waals surface area contributed by atoms with Crippen LogP contribution in [0.3, 0.4) is 0 Å². The Balaban J connectivity index is 1.81. The standard InChI is InChI=1S/C21H26N2O3/c1-2-3-4-16-7-11-19(12-8-16)23-15-17-5-9-18(10-6-17)21(26)22-14-13-20(24)25/h5-12,23H,2-4,13-15H2,1H3,(H,22,26)(H,24,25). The Morgan fingerprint density at radius 2 is 1.62 bits per heavy atom. The molecule has 0 saturated carbocycles. The molecule has 0 fully saturated rings. The Morgan fingerprint density at radius 1 is 0.962 bits per heavy atom. The summed E-state index contributed by atoms with van der Waals surface area (Å²) in [4.78, 5) is 22.4. The van der Waals surface area contributed by atoms with E-state index in [1.807, 2.05) is 12.1 Å². The molecule has 5 heteroatoms. The van der Waals surface area contributed by atoms with E-state index >= 15 is 0 Å². The van der Waals surface area contributed by atoms with Crippen LogP contribution in [-0.4, -0.2) is 23.5 Å². The summed E-state index contributed by atoms with van der Waals surface area (Å²) in [6, 6.07) is 15.8. The average Bonchev–Trinajstić information content (AvgIpc) is 2.65. The van der Waals surface area contributed by atoms with Gasteiger partial charge in [0.15, 0.2) is 0 Å². The zero-order valence-electron chi connectivity index (χ0n) is 15.1. The number of carbonyl (C=O) groups excluding carboxylic acids is 1. The number of unbranched alkanes of at least 4 members (excludes halogenated alkanes) is 1. The number of hydrogen-bond donors (Lipinski definition) is 3. The van der Waals surface area contributed by atoms with E-state index in [0.717, 1.165) is 17.7 Å². The van der Waals surface area contributed by atoms with Crippen LogP contribution in [0.15, 0.2) is 48.5 Å². The Hall–Kier alpha value is -2.82. The van der Waals surface area contributed by atoms with Crippen molar-refractivity contribution in [1.82, 2.24) is 5.32 Å². The molecule has 138 valence electrons. The van der Waals surface area contributed by atoms with Gasteiger partial charge in [-0.25, -0.2) is 0 Å². The van der Waals surface area contributed by atoms with E-state index in [-0.39, 0.29) is 18.9 Å². The predicted molar refractivity (Wildman–Crippen MR) is 103 cm³/mol. The number of nitrogens with one attached hydrogen (secondary N) is 2. The molecule has 0 atom stereocenters. The Labute approximate surface area is 154 Å². The second-order valence-corrected chi connectivity index (χ2v) is 6.25. The van der Waals surface area contributed by atoms with Crippen LogP contribution in [0, 0.1) is 0 Å². The third-order valence-corrected chi connectivity index (χ3v) is 4.11. The van der Waals surface area contributed by atoms with Gasteiger partial charge in [-0.15, -0.1) is 0 Å². The molecule has 0 radical (unpaired) electrons. The van der Waals surface area contributed by atoms with Gasteiger partial charge in [-0.05, 0) is 48.2 Å². The fourth-order valence-corrected chi connectivity index (χ4v) is 2.53. The lowest BCUT2D eigenvalue weighted by molar-refractivity contribution is -0.136. The first-order valence-corrected chi connectivity index (χ1v) is 9.00. The van der Waals surface area contributed by atoms with Crippen LogP contribution in [-0.2, 0) is 17.8 Å². The summed E-state index contributed by atoms with van der Waals surface area (Å²) in [5.74, 6) is -1.18. The molecule has 0 aromatic heterocycles. The monoisotopic (exact) mass is 354 g/mol. The highest BCUT2D eigenvalue weighted by molar-refractivity contribution is 5.94. The summed E-state index contributed by atoms with van der Waals surface area (Å²) in [7, 11) is 0. The van der Waals surface area contributed by atoms with E-state index in [1.54, 1.807) is 12.1 Å². The van der Waals surface area contributed by atoms with Crippen LogP contribution < -0.4 is 10.6 Å². The van der Waals surface area contributed by atoms with E-state index in [2.05, 4.69) is 41.8 Å². The molecule has 0 aliphatic heterocycles. The Morgan fingerprint density at radius 3 is 2.23 bits per heavy atom. The molecule has 0 aliphatic rings. The molecule has 0 unspecified atom stereocenters. The normalized spacial score (nSPS) is 10.3. The maximum Gasteiger partial charge on any atom is 0.305 e. The van der Waals surface area contributed by atoms with Crippen molar-refractivity contribution in [2.24, 2.45) is 0 Å². The van der Waals surface area contributed by atoms with Crippen molar-refractivity contribution in [2.45, 2.75) is 39.2 Å². The number of benzene rings is 2. The molecule has 2 rings (SSSR count). The second kappa shape index (κ2) is 10.2. The van der Waals surface area contributed by atoms with Crippen molar-refractivity contribution in [3.63, 3.8) is 0 Å². The van der Waals surface area contributed by atoms with Crippen LogP contribution in [0.25, 0.3) is 0 Å². The van der Waals surface area contributed by atoms with Gasteiger partial charge < -0.3 is 15.7 Å². The van der Waals surface area contributed by atoms with Gasteiger partial charge in [0, 0.05) is 24.3 Å². The molecular formula is C21H26N2O3. The zero-order chi connectivity index (χ0) is 18.8. The number of amides is 1. The first kappa shape index (κ1) is 19.5. The highest BCUT2D eigenvalue weighted by Gasteiger charge is 2.06. The predicted octanol–water partition coefficient (Wildman–Crippen LogP) is 3.85. The minimum Gasteiger partial charge on any atom is -0.481 e. The second-order valence-electron chi connectivity index (χ2n) is 6.25. The SMILES string of the molecule is CCCCc1ccc(NCc2ccc(C(=O)NCCC(=O)O)cc2)cc1. The molecule has 2 aromatic rings. The third-order valence-electron chi connectivity index (χ3n) is 4.11. The lowest BCUT2D eigenvalue weighted by atomic mass is 10.1. The number of anilines is 1. The maximum atomic E-state index is 11.9. The van der Waals surface area contributed by atoms with Gasteiger partial charge in [0.05, 0.1) is 6.42 Å². The highest BCUT2D eigenvalue weighted by Crippen LogP contribution is 2.13. The number of hydrogen-bond acceptors (Lipinski definition) is 3. The number of rotatable bonds is 10. The van der Waals surface area contributed by atoms with Crippen LogP contribution in [0.1, 0.15) is 47.7 Å². The van der Waals surface area contributed by atoms with Gasteiger partial charge in [-0.3, -0.25) is 9.59 Å². The molecule has 0 heterocycles. The number of carboxylic acids is 1. The van der Waals surface area contributed by atoms with E-state index in [0.29, 0.717) is 12.1 Å². The van der Waals surface area contributed by atoms with Crippen LogP contribution in [0.2, 0.25) is 0 Å². The van der Waals surface area contributed by atoms with Crippen molar-refractivity contribution >= 4 is 17.6 Å². The summed E-state index contributed by atoms with van der Waals surface area (Å²) in [5, 5.41) is 14.5. The molecule has 5 nitrogen and oxygen atoms in total. The van der Waals surface area contributed by atoms with Gasteiger partial charge in [0.1, 0.15) is 0 Å². The van der Waals surface area contributed by atoms with E-state index in [4.69, 9.17) is 5.11 Å². The minimum atomic E-state index is -0.926. The number of carbonyl (C=O) groups is 2. The first-order chi connectivity index (χ1) is 12.6. The Bertz CT molecular complexity index is 709. The number of aryl methyl sites for hydroxylation is 1. The van der Waals surface area contributed by atoms with Crippen molar-refractivity contribution < 1.29 is 14.7 Å². The fourth-order valence-electron chi connectivity index (χ4n) is 2.53. The average molecular weight is 354 g/mol. The summed E-state index contributed by atoms with van der Waals surface area (Å²) < 4.78 is 0. The van der Waals surface area contributed by atoms with Crippen molar-refractivity contribution in [3.05, 3.63) is 65.2 Å². The van der Waals surface area contributed by atoms with Gasteiger partial charge >= 0.3 is 5.97 Å². The van der Waals surface area contributed by atoms with Gasteiger partial charge in [-0.2, -0.15) is 0 Å². The van der Waals surface area contributed by atoms with Crippen LogP contribution in [0.5, 0.6) is 0 Å². The summed E-state index contributed by atoms with van der Waals surface area (Å²) in [6.07, 6.45) is 3.45. The molecule has 26 heavy (non-hydrogen) atoms. The lowest BCUT2D eigenvalue weighted by Gasteiger charge is -2.09. The third kappa shape index (κ3) is 6.59. The van der Waals surface area contributed by atoms with E-state index in [9.17, 15) is 9.59 Å². The molecule has 0 aliphatic carbocycles. The molecule has 0 bridgehead atoms. The maximum absolute atomic E-state index is 11.9. The first-order valence-electron chi connectivity index (χ1n) is 9.00. The molecule has 0 spiro atoms. The summed E-state index contributed by atoms with van der Waals surface area (Å²) in [6.45, 7) is 3.00. The molecule has 3 N–H and O–H groups in total. The van der Waals surface area contributed by atoms with E-state index in [1.165, 1.54) is 18.4 Å². The number of aliphatic carboxylic acids is 1. The highest BCUT2D eigenvalue weighted by atomic mass is 16.4. The summed E-state index contributed by atoms with van der Waals surface area (Å²) >= 11 is 0.